The van der Waals surface area contributed by atoms with E-state index in [-0.39, 0.29) is 0 Å². The van der Waals surface area contributed by atoms with Crippen molar-refractivity contribution in [3.05, 3.63) is 33.3 Å². The topological polar surface area (TPSA) is 37.3 Å². The summed E-state index contributed by atoms with van der Waals surface area (Å²) in [5, 5.41) is 9.48. The Morgan fingerprint density at radius 2 is 2.07 bits per heavy atom. The number of hydrogen-bond donors (Lipinski definition) is 1. The average molecular weight is 278 g/mol. The molecular weight excluding hydrogens is 267 g/mol. The maximum Gasteiger partial charge on any atom is 0.313 e. The van der Waals surface area contributed by atoms with Crippen LogP contribution in [0.25, 0.3) is 0 Å². The number of carbonyl (C=O) groups is 1. The van der Waals surface area contributed by atoms with E-state index in [9.17, 15) is 4.79 Å². The highest BCUT2D eigenvalue weighted by Gasteiger charge is 2.31. The van der Waals surface area contributed by atoms with Crippen LogP contribution in [-0.4, -0.2) is 11.1 Å². The van der Waals surface area contributed by atoms with Crippen molar-refractivity contribution in [1.82, 2.24) is 0 Å². The third-order valence-electron chi connectivity index (χ3n) is 2.14. The maximum atomic E-state index is 11.0. The summed E-state index contributed by atoms with van der Waals surface area (Å²) in [7, 11) is 0. The monoisotopic (exact) mass is 276 g/mol. The molecule has 0 aromatic heterocycles. The highest BCUT2D eigenvalue weighted by atomic mass is 79.9. The fraction of sp³-hybridized carbons (Fsp3) is 0.300. The highest BCUT2D eigenvalue weighted by molar-refractivity contribution is 9.10. The van der Waals surface area contributed by atoms with Gasteiger partial charge in [0.15, 0.2) is 0 Å². The Balaban J connectivity index is 3.26. The zero-order valence-corrected chi connectivity index (χ0v) is 10.2. The van der Waals surface area contributed by atoms with Gasteiger partial charge in [-0.2, -0.15) is 0 Å². The number of rotatable bonds is 2. The van der Waals surface area contributed by atoms with Gasteiger partial charge < -0.3 is 5.11 Å². The normalized spacial score (nSPS) is 11.4. The van der Waals surface area contributed by atoms with Gasteiger partial charge in [-0.3, -0.25) is 4.79 Å². The summed E-state index contributed by atoms with van der Waals surface area (Å²) in [6.45, 7) is 3.26. The molecule has 76 valence electrons. The Bertz CT molecular complexity index is 374. The van der Waals surface area contributed by atoms with E-state index >= 15 is 0 Å². The Morgan fingerprint density at radius 1 is 1.50 bits per heavy atom. The first kappa shape index (κ1) is 11.5. The predicted molar refractivity (Wildman–Crippen MR) is 59.8 cm³/mol. The van der Waals surface area contributed by atoms with E-state index < -0.39 is 11.4 Å². The molecule has 0 bridgehead atoms. The van der Waals surface area contributed by atoms with Crippen LogP contribution in [0.1, 0.15) is 19.4 Å². The first-order chi connectivity index (χ1) is 6.35. The van der Waals surface area contributed by atoms with Crippen molar-refractivity contribution in [1.29, 1.82) is 0 Å². The molecule has 0 heterocycles. The van der Waals surface area contributed by atoms with Crippen LogP contribution in [-0.2, 0) is 10.2 Å². The van der Waals surface area contributed by atoms with Gasteiger partial charge in [-0.25, -0.2) is 0 Å². The molecule has 0 saturated heterocycles. The Kier molecular flexibility index (Phi) is 3.22. The smallest absolute Gasteiger partial charge is 0.313 e. The summed E-state index contributed by atoms with van der Waals surface area (Å²) in [5.74, 6) is -0.887. The van der Waals surface area contributed by atoms with Gasteiger partial charge in [0.05, 0.1) is 5.41 Å². The van der Waals surface area contributed by atoms with E-state index in [4.69, 9.17) is 16.7 Å². The van der Waals surface area contributed by atoms with Gasteiger partial charge in [0, 0.05) is 9.50 Å². The van der Waals surface area contributed by atoms with Crippen molar-refractivity contribution in [2.45, 2.75) is 19.3 Å². The lowest BCUT2D eigenvalue weighted by Gasteiger charge is -2.20. The molecule has 4 heteroatoms. The first-order valence-corrected chi connectivity index (χ1v) is 5.21. The van der Waals surface area contributed by atoms with Gasteiger partial charge in [0.1, 0.15) is 0 Å². The summed E-state index contributed by atoms with van der Waals surface area (Å²) >= 11 is 9.23. The SMILES string of the molecule is CC(C)(C(=O)O)c1ccc(Br)cc1Cl. The van der Waals surface area contributed by atoms with Gasteiger partial charge in [-0.15, -0.1) is 0 Å². The Labute approximate surface area is 96.0 Å². The lowest BCUT2D eigenvalue weighted by Crippen LogP contribution is -2.28. The molecular formula is C10H10BrClO2. The number of halogens is 2. The number of benzene rings is 1. The molecule has 0 aliphatic rings. The minimum absolute atomic E-state index is 0.465. The minimum atomic E-state index is -0.961. The van der Waals surface area contributed by atoms with Crippen LogP contribution in [0.5, 0.6) is 0 Å². The van der Waals surface area contributed by atoms with Crippen molar-refractivity contribution < 1.29 is 9.90 Å². The molecule has 0 atom stereocenters. The number of aliphatic carboxylic acids is 1. The lowest BCUT2D eigenvalue weighted by atomic mass is 9.85. The largest absolute Gasteiger partial charge is 0.481 e. The molecule has 14 heavy (non-hydrogen) atoms. The van der Waals surface area contributed by atoms with Crippen LogP contribution >= 0.6 is 27.5 Å². The quantitative estimate of drug-likeness (QED) is 0.899. The van der Waals surface area contributed by atoms with Gasteiger partial charge in [0.2, 0.25) is 0 Å². The average Bonchev–Trinajstić information content (AvgIpc) is 2.02. The third kappa shape index (κ3) is 2.10. The fourth-order valence-electron chi connectivity index (χ4n) is 1.11. The Morgan fingerprint density at radius 3 is 2.50 bits per heavy atom. The zero-order valence-electron chi connectivity index (χ0n) is 7.84. The number of hydrogen-bond acceptors (Lipinski definition) is 1. The molecule has 1 aromatic carbocycles. The van der Waals surface area contributed by atoms with Crippen LogP contribution in [0.3, 0.4) is 0 Å². The van der Waals surface area contributed by atoms with Crippen LogP contribution in [0.15, 0.2) is 22.7 Å². The van der Waals surface area contributed by atoms with Crippen molar-refractivity contribution in [2.75, 3.05) is 0 Å². The summed E-state index contributed by atoms with van der Waals surface area (Å²) in [6, 6.07) is 5.20. The van der Waals surface area contributed by atoms with Gasteiger partial charge in [-0.1, -0.05) is 33.6 Å². The molecule has 1 rings (SSSR count). The summed E-state index contributed by atoms with van der Waals surface area (Å²) in [4.78, 5) is 11.0. The third-order valence-corrected chi connectivity index (χ3v) is 2.95. The van der Waals surface area contributed by atoms with Crippen LogP contribution in [0.2, 0.25) is 5.02 Å². The second kappa shape index (κ2) is 3.91. The summed E-state index contributed by atoms with van der Waals surface area (Å²) < 4.78 is 0.840. The zero-order chi connectivity index (χ0) is 10.9. The van der Waals surface area contributed by atoms with Crippen molar-refractivity contribution in [3.63, 3.8) is 0 Å². The van der Waals surface area contributed by atoms with Crippen molar-refractivity contribution >= 4 is 33.5 Å². The number of carboxylic acid groups (broad SMARTS) is 1. The van der Waals surface area contributed by atoms with E-state index in [1.54, 1.807) is 32.0 Å². The summed E-state index contributed by atoms with van der Waals surface area (Å²) in [5.41, 5.74) is -0.340. The maximum absolute atomic E-state index is 11.0. The minimum Gasteiger partial charge on any atom is -0.481 e. The molecule has 1 aromatic rings. The molecule has 0 amide bonds. The molecule has 0 aliphatic carbocycles. The standard InChI is InChI=1S/C10H10BrClO2/c1-10(2,9(13)14)7-4-3-6(11)5-8(7)12/h3-5H,1-2H3,(H,13,14). The summed E-state index contributed by atoms with van der Waals surface area (Å²) in [6.07, 6.45) is 0. The molecule has 0 fully saturated rings. The molecule has 0 radical (unpaired) electrons. The molecule has 0 saturated carbocycles. The molecule has 1 N–H and O–H groups in total. The van der Waals surface area contributed by atoms with E-state index in [2.05, 4.69) is 15.9 Å². The van der Waals surface area contributed by atoms with E-state index in [0.717, 1.165) is 4.47 Å². The lowest BCUT2D eigenvalue weighted by molar-refractivity contribution is -0.142. The van der Waals surface area contributed by atoms with E-state index in [1.165, 1.54) is 0 Å². The molecule has 2 nitrogen and oxygen atoms in total. The van der Waals surface area contributed by atoms with E-state index in [0.29, 0.717) is 10.6 Å². The second-order valence-corrected chi connectivity index (χ2v) is 4.88. The van der Waals surface area contributed by atoms with Gasteiger partial charge in [-0.05, 0) is 31.5 Å². The predicted octanol–water partition coefficient (Wildman–Crippen LogP) is 3.46. The van der Waals surface area contributed by atoms with Crippen molar-refractivity contribution in [2.24, 2.45) is 0 Å². The molecule has 0 spiro atoms. The van der Waals surface area contributed by atoms with Gasteiger partial charge >= 0.3 is 5.97 Å². The fourth-order valence-corrected chi connectivity index (χ4v) is 2.02. The molecule has 0 aliphatic heterocycles. The Hall–Kier alpha value is -0.540. The van der Waals surface area contributed by atoms with Crippen molar-refractivity contribution in [3.8, 4) is 0 Å². The number of carboxylic acids is 1. The highest BCUT2D eigenvalue weighted by Crippen LogP contribution is 2.31. The second-order valence-electron chi connectivity index (χ2n) is 3.55. The van der Waals surface area contributed by atoms with Crippen LogP contribution in [0.4, 0.5) is 0 Å². The van der Waals surface area contributed by atoms with Crippen LogP contribution in [0, 0.1) is 0 Å². The van der Waals surface area contributed by atoms with E-state index in [1.807, 2.05) is 0 Å². The first-order valence-electron chi connectivity index (χ1n) is 4.04. The van der Waals surface area contributed by atoms with Gasteiger partial charge in [0.25, 0.3) is 0 Å². The molecule has 0 unspecified atom stereocenters. The van der Waals surface area contributed by atoms with Crippen LogP contribution < -0.4 is 0 Å².